The second-order valence-electron chi connectivity index (χ2n) is 5.56. The van der Waals surface area contributed by atoms with E-state index in [1.54, 1.807) is 19.2 Å². The van der Waals surface area contributed by atoms with Crippen molar-refractivity contribution in [2.24, 2.45) is 0 Å². The summed E-state index contributed by atoms with van der Waals surface area (Å²) in [5.41, 5.74) is 1.93. The van der Waals surface area contributed by atoms with Gasteiger partial charge in [-0.05, 0) is 36.2 Å². The molecule has 0 bridgehead atoms. The van der Waals surface area contributed by atoms with Gasteiger partial charge in [0, 0.05) is 6.54 Å². The Balaban J connectivity index is 1.86. The fourth-order valence-corrected chi connectivity index (χ4v) is 2.30. The average Bonchev–Trinajstić information content (AvgIpc) is 2.65. The van der Waals surface area contributed by atoms with Gasteiger partial charge >= 0.3 is 0 Å². The number of hydrogen-bond donors (Lipinski definition) is 1. The molecular weight excluding hydrogens is 332 g/mol. The van der Waals surface area contributed by atoms with Crippen molar-refractivity contribution in [1.29, 1.82) is 5.26 Å². The van der Waals surface area contributed by atoms with E-state index in [0.717, 1.165) is 16.9 Å². The molecule has 0 spiro atoms. The van der Waals surface area contributed by atoms with Gasteiger partial charge in [-0.25, -0.2) is 0 Å². The molecule has 0 aliphatic rings. The number of nitrogens with zero attached hydrogens (tertiary/aromatic N) is 1. The molecule has 1 N–H and O–H groups in total. The van der Waals surface area contributed by atoms with Crippen LogP contribution in [0.2, 0.25) is 0 Å². The first-order valence-corrected chi connectivity index (χ1v) is 8.26. The lowest BCUT2D eigenvalue weighted by molar-refractivity contribution is -0.120. The van der Waals surface area contributed by atoms with Crippen LogP contribution in [-0.4, -0.2) is 26.2 Å². The molecule has 0 saturated heterocycles. The number of nitrogens with one attached hydrogen (secondary N) is 1. The standard InChI is InChI=1S/C20H22N2O4/c1-15-5-3-4-6-17(15)25-11-12-26-18-8-7-16(13-19(18)24-2)14-22-20(23)9-10-21/h3-8,13H,9,11-12,14H2,1-2H3,(H,22,23). The van der Waals surface area contributed by atoms with Gasteiger partial charge in [-0.2, -0.15) is 5.26 Å². The molecule has 0 aliphatic carbocycles. The molecule has 0 radical (unpaired) electrons. The number of rotatable bonds is 9. The maximum absolute atomic E-state index is 11.3. The van der Waals surface area contributed by atoms with Crippen molar-refractivity contribution in [3.63, 3.8) is 0 Å². The van der Waals surface area contributed by atoms with Crippen LogP contribution in [0.25, 0.3) is 0 Å². The monoisotopic (exact) mass is 354 g/mol. The molecule has 0 saturated carbocycles. The number of hydrogen-bond acceptors (Lipinski definition) is 5. The summed E-state index contributed by atoms with van der Waals surface area (Å²) in [5, 5.41) is 11.2. The van der Waals surface area contributed by atoms with Gasteiger partial charge in [0.25, 0.3) is 0 Å². The molecule has 0 unspecified atom stereocenters. The van der Waals surface area contributed by atoms with E-state index in [1.807, 2.05) is 43.3 Å². The molecule has 1 amide bonds. The molecule has 2 aromatic carbocycles. The number of nitriles is 1. The molecule has 0 aliphatic heterocycles. The highest BCUT2D eigenvalue weighted by atomic mass is 16.5. The third-order valence-electron chi connectivity index (χ3n) is 3.65. The minimum absolute atomic E-state index is 0.154. The van der Waals surface area contributed by atoms with Crippen molar-refractivity contribution >= 4 is 5.91 Å². The van der Waals surface area contributed by atoms with Crippen LogP contribution in [0, 0.1) is 18.3 Å². The molecule has 2 rings (SSSR count). The second-order valence-corrected chi connectivity index (χ2v) is 5.56. The lowest BCUT2D eigenvalue weighted by Crippen LogP contribution is -2.21. The Morgan fingerprint density at radius 1 is 1.08 bits per heavy atom. The number of aryl methyl sites for hydroxylation is 1. The number of methoxy groups -OCH3 is 1. The summed E-state index contributed by atoms with van der Waals surface area (Å²) in [6, 6.07) is 15.0. The summed E-state index contributed by atoms with van der Waals surface area (Å²) in [4.78, 5) is 11.3. The van der Waals surface area contributed by atoms with Gasteiger partial charge in [0.15, 0.2) is 11.5 Å². The van der Waals surface area contributed by atoms with E-state index in [2.05, 4.69) is 5.32 Å². The molecule has 6 heteroatoms. The molecule has 6 nitrogen and oxygen atoms in total. The highest BCUT2D eigenvalue weighted by molar-refractivity contribution is 5.77. The summed E-state index contributed by atoms with van der Waals surface area (Å²) in [5.74, 6) is 1.72. The van der Waals surface area contributed by atoms with Crippen molar-refractivity contribution in [2.75, 3.05) is 20.3 Å². The van der Waals surface area contributed by atoms with Crippen LogP contribution in [0.4, 0.5) is 0 Å². The van der Waals surface area contributed by atoms with Crippen LogP contribution in [0.5, 0.6) is 17.2 Å². The summed E-state index contributed by atoms with van der Waals surface area (Å²) in [6.45, 7) is 3.11. The van der Waals surface area contributed by atoms with E-state index in [1.165, 1.54) is 0 Å². The molecule has 0 fully saturated rings. The van der Waals surface area contributed by atoms with Crippen molar-refractivity contribution in [1.82, 2.24) is 5.32 Å². The summed E-state index contributed by atoms with van der Waals surface area (Å²) >= 11 is 0. The maximum Gasteiger partial charge on any atom is 0.234 e. The van der Waals surface area contributed by atoms with Crippen LogP contribution in [-0.2, 0) is 11.3 Å². The maximum atomic E-state index is 11.3. The highest BCUT2D eigenvalue weighted by Gasteiger charge is 2.07. The minimum Gasteiger partial charge on any atom is -0.493 e. The van der Waals surface area contributed by atoms with Crippen molar-refractivity contribution in [3.05, 3.63) is 53.6 Å². The summed E-state index contributed by atoms with van der Waals surface area (Å²) in [7, 11) is 1.56. The van der Waals surface area contributed by atoms with Gasteiger partial charge in [0.2, 0.25) is 5.91 Å². The van der Waals surface area contributed by atoms with Crippen LogP contribution in [0.15, 0.2) is 42.5 Å². The summed E-state index contributed by atoms with van der Waals surface area (Å²) in [6.07, 6.45) is -0.154. The predicted molar refractivity (Wildman–Crippen MR) is 97.2 cm³/mol. The zero-order valence-corrected chi connectivity index (χ0v) is 15.0. The Morgan fingerprint density at radius 3 is 2.50 bits per heavy atom. The lowest BCUT2D eigenvalue weighted by atomic mass is 10.2. The molecule has 0 aromatic heterocycles. The smallest absolute Gasteiger partial charge is 0.234 e. The fourth-order valence-electron chi connectivity index (χ4n) is 2.30. The third-order valence-corrected chi connectivity index (χ3v) is 3.65. The summed E-state index contributed by atoms with van der Waals surface area (Å²) < 4.78 is 16.8. The Kier molecular flexibility index (Phi) is 7.31. The second kappa shape index (κ2) is 9.94. The van der Waals surface area contributed by atoms with Crippen molar-refractivity contribution in [2.45, 2.75) is 19.9 Å². The SMILES string of the molecule is COc1cc(CNC(=O)CC#N)ccc1OCCOc1ccccc1C. The largest absolute Gasteiger partial charge is 0.493 e. The molecule has 0 heterocycles. The average molecular weight is 354 g/mol. The Bertz CT molecular complexity index is 784. The third kappa shape index (κ3) is 5.71. The van der Waals surface area contributed by atoms with E-state index in [-0.39, 0.29) is 12.3 Å². The quantitative estimate of drug-likeness (QED) is 0.700. The number of para-hydroxylation sites is 1. The fraction of sp³-hybridized carbons (Fsp3) is 0.300. The molecule has 2 aromatic rings. The number of ether oxygens (including phenoxy) is 3. The zero-order valence-electron chi connectivity index (χ0n) is 15.0. The Labute approximate surface area is 153 Å². The highest BCUT2D eigenvalue weighted by Crippen LogP contribution is 2.28. The van der Waals surface area contributed by atoms with Crippen LogP contribution in [0.1, 0.15) is 17.5 Å². The van der Waals surface area contributed by atoms with Gasteiger partial charge in [0.1, 0.15) is 25.4 Å². The van der Waals surface area contributed by atoms with Gasteiger partial charge in [0.05, 0.1) is 13.2 Å². The van der Waals surface area contributed by atoms with Gasteiger partial charge in [-0.1, -0.05) is 24.3 Å². The van der Waals surface area contributed by atoms with E-state index >= 15 is 0 Å². The number of benzene rings is 2. The van der Waals surface area contributed by atoms with Gasteiger partial charge in [-0.15, -0.1) is 0 Å². The van der Waals surface area contributed by atoms with Gasteiger partial charge in [-0.3, -0.25) is 4.79 Å². The number of amides is 1. The Hall–Kier alpha value is -3.20. The first-order valence-electron chi connectivity index (χ1n) is 8.26. The number of carbonyl (C=O) groups excluding carboxylic acids is 1. The van der Waals surface area contributed by atoms with Crippen LogP contribution < -0.4 is 19.5 Å². The first-order chi connectivity index (χ1) is 12.6. The predicted octanol–water partition coefficient (Wildman–Crippen LogP) is 2.99. The van der Waals surface area contributed by atoms with Crippen molar-refractivity contribution < 1.29 is 19.0 Å². The normalized spacial score (nSPS) is 9.88. The first kappa shape index (κ1) is 19.1. The lowest BCUT2D eigenvalue weighted by Gasteiger charge is -2.13. The molecule has 0 atom stereocenters. The molecule has 136 valence electrons. The van der Waals surface area contributed by atoms with Crippen LogP contribution in [0.3, 0.4) is 0 Å². The minimum atomic E-state index is -0.305. The van der Waals surface area contributed by atoms with Crippen LogP contribution >= 0.6 is 0 Å². The topological polar surface area (TPSA) is 80.6 Å². The molecule has 26 heavy (non-hydrogen) atoms. The van der Waals surface area contributed by atoms with Gasteiger partial charge < -0.3 is 19.5 Å². The van der Waals surface area contributed by atoms with E-state index < -0.39 is 0 Å². The van der Waals surface area contributed by atoms with Crippen molar-refractivity contribution in [3.8, 4) is 23.3 Å². The van der Waals surface area contributed by atoms with E-state index in [4.69, 9.17) is 19.5 Å². The number of carbonyl (C=O) groups is 1. The zero-order chi connectivity index (χ0) is 18.8. The van der Waals surface area contributed by atoms with E-state index in [9.17, 15) is 4.79 Å². The van der Waals surface area contributed by atoms with E-state index in [0.29, 0.717) is 31.3 Å². The molecular formula is C20H22N2O4. The Morgan fingerprint density at radius 2 is 1.81 bits per heavy atom.